The number of rotatable bonds is 24. The van der Waals surface area contributed by atoms with E-state index >= 15 is 0 Å². The zero-order chi connectivity index (χ0) is 50.8. The molecule has 380 valence electrons. The fourth-order valence-corrected chi connectivity index (χ4v) is 10.2. The number of carbonyl (C=O) groups excluding carboxylic acids is 3. The number of nitrogens with zero attached hydrogens (tertiary/aromatic N) is 2. The first-order chi connectivity index (χ1) is 33.7. The van der Waals surface area contributed by atoms with Gasteiger partial charge >= 0.3 is 11.9 Å². The fraction of sp³-hybridized carbons (Fsp3) is 0.491. The third kappa shape index (κ3) is 11.2. The van der Waals surface area contributed by atoms with Gasteiger partial charge in [-0.3, -0.25) is 14.4 Å². The molecule has 2 heterocycles. The highest BCUT2D eigenvalue weighted by atomic mass is 16.6. The molecule has 4 aromatic rings. The first kappa shape index (κ1) is 52.8. The number of likely N-dealkylation sites (N-methyl/N-ethyl adjacent to an activating group) is 2. The molecular weight excluding hydrogens is 905 g/mol. The van der Waals surface area contributed by atoms with E-state index in [1.54, 1.807) is 71.1 Å². The lowest BCUT2D eigenvalue weighted by Gasteiger charge is -2.46. The summed E-state index contributed by atoms with van der Waals surface area (Å²) in [6, 6.07) is 15.4. The van der Waals surface area contributed by atoms with Crippen molar-refractivity contribution in [1.29, 1.82) is 0 Å². The molecule has 4 unspecified atom stereocenters. The van der Waals surface area contributed by atoms with Crippen molar-refractivity contribution in [3.63, 3.8) is 0 Å². The van der Waals surface area contributed by atoms with Gasteiger partial charge in [0.25, 0.3) is 0 Å². The van der Waals surface area contributed by atoms with Crippen LogP contribution in [0.5, 0.6) is 57.5 Å². The molecule has 4 atom stereocenters. The average Bonchev–Trinajstić information content (AvgIpc) is 3.38. The van der Waals surface area contributed by atoms with Crippen molar-refractivity contribution in [2.45, 2.75) is 50.6 Å². The van der Waals surface area contributed by atoms with E-state index in [1.807, 2.05) is 48.5 Å². The van der Waals surface area contributed by atoms with Gasteiger partial charge in [0.2, 0.25) is 17.3 Å². The summed E-state index contributed by atoms with van der Waals surface area (Å²) >= 11 is 0. The minimum atomic E-state index is -0.534. The molecule has 2 aliphatic heterocycles. The number of hydrogen-bond donors (Lipinski definition) is 0. The van der Waals surface area contributed by atoms with E-state index < -0.39 is 30.9 Å². The molecule has 17 nitrogen and oxygen atoms in total. The lowest BCUT2D eigenvalue weighted by Crippen LogP contribution is -2.53. The monoisotopic (exact) mass is 974 g/mol. The van der Waals surface area contributed by atoms with Crippen LogP contribution in [-0.4, -0.2) is 151 Å². The molecule has 0 saturated carbocycles. The molecule has 0 spiro atoms. The predicted molar refractivity (Wildman–Crippen MR) is 260 cm³/mol. The third-order valence-corrected chi connectivity index (χ3v) is 14.1. The topological polar surface area (TPSA) is 162 Å². The first-order valence-corrected chi connectivity index (χ1v) is 23.3. The molecule has 0 aromatic heterocycles. The second-order valence-corrected chi connectivity index (χ2v) is 18.0. The van der Waals surface area contributed by atoms with E-state index in [0.717, 1.165) is 33.4 Å². The average molecular weight is 975 g/mol. The number of hydrogen-bond acceptors (Lipinski definition) is 15. The molecule has 0 fully saturated rings. The minimum Gasteiger partial charge on any atom is -0.493 e. The van der Waals surface area contributed by atoms with Gasteiger partial charge in [0.15, 0.2) is 59.2 Å². The van der Waals surface area contributed by atoms with Gasteiger partial charge in [0.1, 0.15) is 12.1 Å². The summed E-state index contributed by atoms with van der Waals surface area (Å²) < 4.78 is 69.0. The molecule has 0 bridgehead atoms. The zero-order valence-electron chi connectivity index (χ0n) is 42.8. The summed E-state index contributed by atoms with van der Waals surface area (Å²) in [5, 5.41) is 0. The van der Waals surface area contributed by atoms with E-state index in [0.29, 0.717) is 118 Å². The maximum Gasteiger partial charge on any atom is 0.311 e. The van der Waals surface area contributed by atoms with Gasteiger partial charge in [-0.05, 0) is 47.5 Å². The number of ketones is 1. The second kappa shape index (κ2) is 23.3. The number of benzene rings is 4. The summed E-state index contributed by atoms with van der Waals surface area (Å²) in [4.78, 5) is 39.7. The molecule has 0 radical (unpaired) electrons. The van der Waals surface area contributed by atoms with Crippen LogP contribution in [0.4, 0.5) is 0 Å². The maximum absolute atomic E-state index is 13.3. The second-order valence-electron chi connectivity index (χ2n) is 18.0. The minimum absolute atomic E-state index is 0.0421. The Morgan fingerprint density at radius 2 is 0.814 bits per heavy atom. The van der Waals surface area contributed by atoms with Crippen LogP contribution in [0.1, 0.15) is 58.3 Å². The smallest absolute Gasteiger partial charge is 0.311 e. The molecule has 6 rings (SSSR count). The summed E-state index contributed by atoms with van der Waals surface area (Å²) in [6.07, 6.45) is 2.56. The Labute approximate surface area is 411 Å². The van der Waals surface area contributed by atoms with Gasteiger partial charge in [-0.25, -0.2) is 0 Å². The largest absolute Gasteiger partial charge is 0.493 e. The Kier molecular flexibility index (Phi) is 17.6. The fourth-order valence-electron chi connectivity index (χ4n) is 10.2. The Balaban J connectivity index is 1.10. The standard InChI is InChI=1S/C53H70N2O15/c1-54(21-17-36-38(29-46(63-7)52(67-11)50(36)65-9)40(54)25-33-13-15-42(59-3)44(27-33)61-5)23-19-48(57)69-31-35(56)32-70-49(58)20-24-55(2)22-18-37-39(30-47(64-8)53(68-12)51(37)66-10)41(55)26-34-14-16-43(60-4)45(28-34)62-6/h13-16,27-30,40-41H,17-26,31-32H2,1-12H3/q+2. The Morgan fingerprint density at radius 1 is 0.457 bits per heavy atom. The van der Waals surface area contributed by atoms with Crippen LogP contribution in [0.3, 0.4) is 0 Å². The number of esters is 2. The van der Waals surface area contributed by atoms with Crippen molar-refractivity contribution >= 4 is 17.7 Å². The number of methoxy groups -OCH3 is 10. The predicted octanol–water partition coefficient (Wildman–Crippen LogP) is 6.48. The van der Waals surface area contributed by atoms with Gasteiger partial charge in [-0.15, -0.1) is 0 Å². The number of ether oxygens (including phenoxy) is 12. The van der Waals surface area contributed by atoms with Crippen molar-refractivity contribution in [3.05, 3.63) is 81.9 Å². The van der Waals surface area contributed by atoms with E-state index in [2.05, 4.69) is 14.1 Å². The summed E-state index contributed by atoms with van der Waals surface area (Å²) in [5.41, 5.74) is 6.06. The zero-order valence-corrected chi connectivity index (χ0v) is 42.8. The van der Waals surface area contributed by atoms with Crippen LogP contribution in [0.15, 0.2) is 48.5 Å². The van der Waals surface area contributed by atoms with E-state index in [4.69, 9.17) is 56.8 Å². The molecule has 0 aliphatic carbocycles. The van der Waals surface area contributed by atoms with Crippen molar-refractivity contribution in [2.75, 3.05) is 125 Å². The van der Waals surface area contributed by atoms with Gasteiger partial charge in [-0.1, -0.05) is 12.1 Å². The lowest BCUT2D eigenvalue weighted by molar-refractivity contribution is -0.940. The lowest BCUT2D eigenvalue weighted by atomic mass is 9.85. The Hall–Kier alpha value is -6.59. The van der Waals surface area contributed by atoms with Crippen molar-refractivity contribution in [2.24, 2.45) is 0 Å². The normalized spacial score (nSPS) is 19.1. The van der Waals surface area contributed by atoms with Gasteiger partial charge in [0.05, 0.1) is 124 Å². The summed E-state index contributed by atoms with van der Waals surface area (Å²) in [6.45, 7) is 1.14. The maximum atomic E-state index is 13.3. The van der Waals surface area contributed by atoms with Gasteiger partial charge in [-0.2, -0.15) is 0 Å². The Morgan fingerprint density at radius 3 is 1.14 bits per heavy atom. The van der Waals surface area contributed by atoms with E-state index in [-0.39, 0.29) is 24.9 Å². The van der Waals surface area contributed by atoms with Crippen LogP contribution in [0.25, 0.3) is 0 Å². The number of carbonyl (C=O) groups is 3. The van der Waals surface area contributed by atoms with E-state index in [9.17, 15) is 14.4 Å². The van der Waals surface area contributed by atoms with Crippen LogP contribution in [0.2, 0.25) is 0 Å². The van der Waals surface area contributed by atoms with Gasteiger partial charge in [0, 0.05) is 47.9 Å². The van der Waals surface area contributed by atoms with Crippen LogP contribution in [0, 0.1) is 0 Å². The molecule has 2 aliphatic rings. The highest BCUT2D eigenvalue weighted by Crippen LogP contribution is 2.51. The summed E-state index contributed by atoms with van der Waals surface area (Å²) in [5.74, 6) is 4.21. The molecule has 70 heavy (non-hydrogen) atoms. The molecule has 17 heteroatoms. The van der Waals surface area contributed by atoms with E-state index in [1.165, 1.54) is 0 Å². The highest BCUT2D eigenvalue weighted by Gasteiger charge is 2.44. The first-order valence-electron chi connectivity index (χ1n) is 23.3. The SMILES string of the molecule is COc1ccc(CC2c3cc(OC)c(OC)c(OC)c3CC[N+]2(C)CCC(=O)OCC(=O)COC(=O)CC[N+]2(C)CCc3c(cc(OC)c(OC)c3OC)C2Cc2ccc(OC)c(OC)c2)cc1OC. The summed E-state index contributed by atoms with van der Waals surface area (Å²) in [7, 11) is 20.2. The molecule has 0 amide bonds. The number of fused-ring (bicyclic) bond motifs is 2. The van der Waals surface area contributed by atoms with Crippen LogP contribution < -0.4 is 47.4 Å². The molecule has 0 saturated heterocycles. The number of quaternary nitrogens is 2. The van der Waals surface area contributed by atoms with Gasteiger partial charge < -0.3 is 65.8 Å². The van der Waals surface area contributed by atoms with Crippen molar-refractivity contribution < 1.29 is 80.2 Å². The highest BCUT2D eigenvalue weighted by molar-refractivity contribution is 5.85. The molecule has 0 N–H and O–H groups in total. The molecule has 4 aromatic carbocycles. The van der Waals surface area contributed by atoms with Crippen molar-refractivity contribution in [3.8, 4) is 57.5 Å². The number of Topliss-reactive ketones (excluding diaryl/α,β-unsaturated/α-hetero) is 1. The Bertz CT molecular complexity index is 2340. The quantitative estimate of drug-likeness (QED) is 0.0554. The van der Waals surface area contributed by atoms with Crippen LogP contribution in [-0.2, 0) is 49.5 Å². The van der Waals surface area contributed by atoms with Crippen molar-refractivity contribution in [1.82, 2.24) is 0 Å². The third-order valence-electron chi connectivity index (χ3n) is 14.1. The van der Waals surface area contributed by atoms with Crippen LogP contribution >= 0.6 is 0 Å². The molecular formula is C53H70N2O15+2.